The minimum Gasteiger partial charge on any atom is -0.454 e. The Morgan fingerprint density at radius 1 is 1.17 bits per heavy atom. The van der Waals surface area contributed by atoms with Crippen LogP contribution in [-0.4, -0.2) is 26.9 Å². The van der Waals surface area contributed by atoms with Crippen molar-refractivity contribution in [3.8, 4) is 11.5 Å². The van der Waals surface area contributed by atoms with Gasteiger partial charge in [-0.25, -0.2) is 13.1 Å². The second kappa shape index (κ2) is 6.80. The Labute approximate surface area is 141 Å². The summed E-state index contributed by atoms with van der Waals surface area (Å²) in [7, 11) is -3.58. The molecule has 3 rings (SSSR count). The van der Waals surface area contributed by atoms with Crippen molar-refractivity contribution in [1.29, 1.82) is 0 Å². The van der Waals surface area contributed by atoms with Crippen LogP contribution in [0.3, 0.4) is 0 Å². The standard InChI is InChI=1S/C17H19NO5S/c1-12-3-2-4-14(9-12)24(20,21)18-8-7-15(19)13-5-6-16-17(10-13)23-11-22-16/h2-6,9-10,15,18-19H,7-8,11H2,1H3. The Hall–Kier alpha value is -2.09. The van der Waals surface area contributed by atoms with E-state index in [0.29, 0.717) is 17.1 Å². The molecule has 0 fully saturated rings. The molecule has 1 aliphatic heterocycles. The van der Waals surface area contributed by atoms with E-state index in [9.17, 15) is 13.5 Å². The quantitative estimate of drug-likeness (QED) is 0.834. The van der Waals surface area contributed by atoms with E-state index in [2.05, 4.69) is 4.72 Å². The number of sulfonamides is 1. The van der Waals surface area contributed by atoms with Gasteiger partial charge in [0.2, 0.25) is 16.8 Å². The molecule has 2 aromatic carbocycles. The molecule has 0 saturated heterocycles. The highest BCUT2D eigenvalue weighted by molar-refractivity contribution is 7.89. The first kappa shape index (κ1) is 16.8. The average molecular weight is 349 g/mol. The highest BCUT2D eigenvalue weighted by atomic mass is 32.2. The molecule has 0 saturated carbocycles. The second-order valence-electron chi connectivity index (χ2n) is 5.63. The average Bonchev–Trinajstić information content (AvgIpc) is 3.02. The molecule has 1 unspecified atom stereocenters. The number of fused-ring (bicyclic) bond motifs is 1. The van der Waals surface area contributed by atoms with Crippen molar-refractivity contribution in [2.24, 2.45) is 0 Å². The molecule has 24 heavy (non-hydrogen) atoms. The van der Waals surface area contributed by atoms with Gasteiger partial charge in [-0.05, 0) is 48.7 Å². The van der Waals surface area contributed by atoms with Gasteiger partial charge in [0.1, 0.15) is 0 Å². The van der Waals surface area contributed by atoms with Crippen molar-refractivity contribution in [2.45, 2.75) is 24.3 Å². The van der Waals surface area contributed by atoms with Gasteiger partial charge in [-0.15, -0.1) is 0 Å². The zero-order chi connectivity index (χ0) is 17.2. The SMILES string of the molecule is Cc1cccc(S(=O)(=O)NCCC(O)c2ccc3c(c2)OCO3)c1. The first-order valence-corrected chi connectivity index (χ1v) is 9.08. The number of hydrogen-bond donors (Lipinski definition) is 2. The molecule has 0 bridgehead atoms. The Balaban J connectivity index is 1.59. The van der Waals surface area contributed by atoms with Gasteiger partial charge in [-0.3, -0.25) is 0 Å². The summed E-state index contributed by atoms with van der Waals surface area (Å²) >= 11 is 0. The van der Waals surface area contributed by atoms with Gasteiger partial charge in [0.05, 0.1) is 11.0 Å². The Kier molecular flexibility index (Phi) is 4.75. The maximum atomic E-state index is 12.2. The van der Waals surface area contributed by atoms with Crippen LogP contribution in [-0.2, 0) is 10.0 Å². The fourth-order valence-corrected chi connectivity index (χ4v) is 3.63. The third kappa shape index (κ3) is 3.69. The van der Waals surface area contributed by atoms with Crippen LogP contribution in [0.25, 0.3) is 0 Å². The summed E-state index contributed by atoms with van der Waals surface area (Å²) in [5.74, 6) is 1.23. The fraction of sp³-hybridized carbons (Fsp3) is 0.294. The first-order valence-electron chi connectivity index (χ1n) is 7.60. The van der Waals surface area contributed by atoms with E-state index in [1.54, 1.807) is 36.4 Å². The molecule has 0 aliphatic carbocycles. The molecule has 128 valence electrons. The molecule has 6 nitrogen and oxygen atoms in total. The van der Waals surface area contributed by atoms with Gasteiger partial charge >= 0.3 is 0 Å². The van der Waals surface area contributed by atoms with E-state index in [4.69, 9.17) is 9.47 Å². The number of aryl methyl sites for hydroxylation is 1. The molecule has 1 aliphatic rings. The normalized spacial score (nSPS) is 14.6. The Morgan fingerprint density at radius 3 is 2.75 bits per heavy atom. The summed E-state index contributed by atoms with van der Waals surface area (Å²) in [6.07, 6.45) is -0.537. The molecule has 2 aromatic rings. The zero-order valence-corrected chi connectivity index (χ0v) is 14.0. The van der Waals surface area contributed by atoms with Crippen molar-refractivity contribution >= 4 is 10.0 Å². The fourth-order valence-electron chi connectivity index (χ4n) is 2.48. The summed E-state index contributed by atoms with van der Waals surface area (Å²) < 4.78 is 37.5. The topological polar surface area (TPSA) is 84.9 Å². The van der Waals surface area contributed by atoms with Crippen LogP contribution in [0.4, 0.5) is 0 Å². The van der Waals surface area contributed by atoms with Gasteiger partial charge in [-0.1, -0.05) is 18.2 Å². The Bertz CT molecular complexity index is 835. The minimum absolute atomic E-state index is 0.131. The van der Waals surface area contributed by atoms with Crippen LogP contribution in [0.5, 0.6) is 11.5 Å². The predicted octanol–water partition coefficient (Wildman–Crippen LogP) is 2.13. The smallest absolute Gasteiger partial charge is 0.240 e. The molecular formula is C17H19NO5S. The maximum absolute atomic E-state index is 12.2. The first-order chi connectivity index (χ1) is 11.5. The summed E-state index contributed by atoms with van der Waals surface area (Å²) in [4.78, 5) is 0.222. The summed E-state index contributed by atoms with van der Waals surface area (Å²) in [5.41, 5.74) is 1.53. The van der Waals surface area contributed by atoms with Gasteiger partial charge in [0.15, 0.2) is 11.5 Å². The predicted molar refractivity (Wildman–Crippen MR) is 88.5 cm³/mol. The third-order valence-electron chi connectivity index (χ3n) is 3.79. The van der Waals surface area contributed by atoms with Crippen molar-refractivity contribution in [3.05, 3.63) is 53.6 Å². The minimum atomic E-state index is -3.58. The van der Waals surface area contributed by atoms with E-state index >= 15 is 0 Å². The van der Waals surface area contributed by atoms with Crippen LogP contribution in [0.1, 0.15) is 23.7 Å². The van der Waals surface area contributed by atoms with Gasteiger partial charge in [0.25, 0.3) is 0 Å². The monoisotopic (exact) mass is 349 g/mol. The third-order valence-corrected chi connectivity index (χ3v) is 5.25. The number of rotatable bonds is 6. The number of hydrogen-bond acceptors (Lipinski definition) is 5. The van der Waals surface area contributed by atoms with Crippen molar-refractivity contribution in [3.63, 3.8) is 0 Å². The molecule has 2 N–H and O–H groups in total. The molecule has 0 radical (unpaired) electrons. The number of nitrogens with one attached hydrogen (secondary N) is 1. The van der Waals surface area contributed by atoms with Gasteiger partial charge in [-0.2, -0.15) is 0 Å². The van der Waals surface area contributed by atoms with Crippen molar-refractivity contribution in [1.82, 2.24) is 4.72 Å². The van der Waals surface area contributed by atoms with E-state index in [-0.39, 0.29) is 24.7 Å². The lowest BCUT2D eigenvalue weighted by molar-refractivity contribution is 0.166. The highest BCUT2D eigenvalue weighted by Gasteiger charge is 2.18. The van der Waals surface area contributed by atoms with Gasteiger partial charge in [0, 0.05) is 6.54 Å². The molecule has 1 heterocycles. The van der Waals surface area contributed by atoms with Crippen LogP contribution in [0.15, 0.2) is 47.4 Å². The number of aliphatic hydroxyl groups excluding tert-OH is 1. The van der Waals surface area contributed by atoms with E-state index in [0.717, 1.165) is 5.56 Å². The summed E-state index contributed by atoms with van der Waals surface area (Å²) in [6, 6.07) is 11.9. The lowest BCUT2D eigenvalue weighted by Crippen LogP contribution is -2.26. The largest absolute Gasteiger partial charge is 0.454 e. The van der Waals surface area contributed by atoms with Crippen LogP contribution < -0.4 is 14.2 Å². The molecule has 0 spiro atoms. The Morgan fingerprint density at radius 2 is 1.96 bits per heavy atom. The van der Waals surface area contributed by atoms with Crippen LogP contribution in [0.2, 0.25) is 0 Å². The van der Waals surface area contributed by atoms with Gasteiger partial charge < -0.3 is 14.6 Å². The summed E-state index contributed by atoms with van der Waals surface area (Å²) in [6.45, 7) is 2.14. The lowest BCUT2D eigenvalue weighted by atomic mass is 10.1. The molecule has 0 amide bonds. The molecule has 0 aromatic heterocycles. The molecule has 7 heteroatoms. The van der Waals surface area contributed by atoms with Crippen LogP contribution >= 0.6 is 0 Å². The molecule has 1 atom stereocenters. The van der Waals surface area contributed by atoms with E-state index in [1.807, 2.05) is 13.0 Å². The zero-order valence-electron chi connectivity index (χ0n) is 13.2. The number of ether oxygens (including phenoxy) is 2. The van der Waals surface area contributed by atoms with Crippen molar-refractivity contribution in [2.75, 3.05) is 13.3 Å². The van der Waals surface area contributed by atoms with E-state index in [1.165, 1.54) is 0 Å². The maximum Gasteiger partial charge on any atom is 0.240 e. The lowest BCUT2D eigenvalue weighted by Gasteiger charge is -2.13. The van der Waals surface area contributed by atoms with Crippen LogP contribution in [0, 0.1) is 6.92 Å². The second-order valence-corrected chi connectivity index (χ2v) is 7.40. The highest BCUT2D eigenvalue weighted by Crippen LogP contribution is 2.34. The summed E-state index contributed by atoms with van der Waals surface area (Å²) in [5, 5.41) is 10.2. The molecular weight excluding hydrogens is 330 g/mol. The van der Waals surface area contributed by atoms with E-state index < -0.39 is 16.1 Å². The number of aliphatic hydroxyl groups is 1. The number of benzene rings is 2. The van der Waals surface area contributed by atoms with Crippen molar-refractivity contribution < 1.29 is 23.0 Å².